The van der Waals surface area contributed by atoms with Gasteiger partial charge in [-0.25, -0.2) is 0 Å². The van der Waals surface area contributed by atoms with Gasteiger partial charge in [-0.3, -0.25) is 4.79 Å². The maximum atomic E-state index is 12.9. The van der Waals surface area contributed by atoms with Gasteiger partial charge in [0, 0.05) is 11.9 Å². The van der Waals surface area contributed by atoms with Gasteiger partial charge in [0.25, 0.3) is 5.91 Å². The van der Waals surface area contributed by atoms with E-state index in [1.54, 1.807) is 0 Å². The van der Waals surface area contributed by atoms with E-state index in [-0.39, 0.29) is 12.0 Å². The summed E-state index contributed by atoms with van der Waals surface area (Å²) in [5.74, 6) is 1.38. The van der Waals surface area contributed by atoms with Crippen molar-refractivity contribution in [3.8, 4) is 5.75 Å². The van der Waals surface area contributed by atoms with Gasteiger partial charge in [0.2, 0.25) is 0 Å². The molecule has 21 heavy (non-hydrogen) atoms. The lowest BCUT2D eigenvalue weighted by atomic mass is 9.93. The Hall–Kier alpha value is -1.22. The zero-order chi connectivity index (χ0) is 14.7. The van der Waals surface area contributed by atoms with E-state index in [2.05, 4.69) is 0 Å². The predicted octanol–water partition coefficient (Wildman–Crippen LogP) is 3.85. The van der Waals surface area contributed by atoms with Crippen LogP contribution in [0.5, 0.6) is 5.75 Å². The second-order valence-corrected chi connectivity index (χ2v) is 6.34. The fraction of sp³-hybridized carbons (Fsp3) is 0.588. The molecule has 1 amide bonds. The fourth-order valence-electron chi connectivity index (χ4n) is 3.40. The molecule has 1 saturated carbocycles. The van der Waals surface area contributed by atoms with Crippen LogP contribution in [0.3, 0.4) is 0 Å². The van der Waals surface area contributed by atoms with E-state index in [4.69, 9.17) is 16.3 Å². The number of hydrogen-bond donors (Lipinski definition) is 0. The third-order valence-electron chi connectivity index (χ3n) is 4.52. The molecule has 1 fully saturated rings. The average molecular weight is 308 g/mol. The van der Waals surface area contributed by atoms with E-state index in [1.807, 2.05) is 29.2 Å². The number of carbonyl (C=O) groups excluding carboxylic acids is 1. The van der Waals surface area contributed by atoms with Gasteiger partial charge < -0.3 is 9.64 Å². The number of nitrogens with zero attached hydrogens (tertiary/aromatic N) is 1. The van der Waals surface area contributed by atoms with Gasteiger partial charge in [-0.15, -0.1) is 11.6 Å². The van der Waals surface area contributed by atoms with Crippen molar-refractivity contribution in [3.63, 3.8) is 0 Å². The van der Waals surface area contributed by atoms with E-state index in [1.165, 1.54) is 19.3 Å². The average Bonchev–Trinajstić information content (AvgIpc) is 2.66. The van der Waals surface area contributed by atoms with Crippen LogP contribution in [-0.4, -0.2) is 35.4 Å². The van der Waals surface area contributed by atoms with Crippen molar-refractivity contribution in [3.05, 3.63) is 29.8 Å². The summed E-state index contributed by atoms with van der Waals surface area (Å²) < 4.78 is 6.04. The smallest absolute Gasteiger partial charge is 0.257 e. The first-order valence-corrected chi connectivity index (χ1v) is 8.45. The highest BCUT2D eigenvalue weighted by atomic mass is 35.5. The Morgan fingerprint density at radius 2 is 1.95 bits per heavy atom. The lowest BCUT2D eigenvalue weighted by Crippen LogP contribution is -2.45. The minimum Gasteiger partial charge on any atom is -0.488 e. The second-order valence-electron chi connectivity index (χ2n) is 5.96. The van der Waals surface area contributed by atoms with E-state index >= 15 is 0 Å². The molecular weight excluding hydrogens is 286 g/mol. The van der Waals surface area contributed by atoms with E-state index in [9.17, 15) is 4.79 Å². The molecule has 2 aliphatic rings. The first-order valence-electron chi connectivity index (χ1n) is 7.92. The molecule has 1 aromatic carbocycles. The molecule has 0 bridgehead atoms. The summed E-state index contributed by atoms with van der Waals surface area (Å²) in [6.07, 6.45) is 6.72. The molecule has 1 aromatic rings. The van der Waals surface area contributed by atoms with Crippen LogP contribution < -0.4 is 4.74 Å². The van der Waals surface area contributed by atoms with Gasteiger partial charge in [0.15, 0.2) is 0 Å². The monoisotopic (exact) mass is 307 g/mol. The van der Waals surface area contributed by atoms with Crippen molar-refractivity contribution in [2.75, 3.05) is 12.4 Å². The molecule has 0 spiro atoms. The molecule has 0 aromatic heterocycles. The third kappa shape index (κ3) is 3.18. The number of ether oxygens (including phenoxy) is 1. The van der Waals surface area contributed by atoms with Crippen LogP contribution in [0.1, 0.15) is 48.9 Å². The summed E-state index contributed by atoms with van der Waals surface area (Å²) in [5, 5.41) is 0. The number of para-hydroxylation sites is 1. The summed E-state index contributed by atoms with van der Waals surface area (Å²) in [4.78, 5) is 14.9. The Morgan fingerprint density at radius 3 is 2.71 bits per heavy atom. The Labute approximate surface area is 131 Å². The number of carbonyl (C=O) groups is 1. The quantitative estimate of drug-likeness (QED) is 0.794. The molecular formula is C17H22ClNO2. The Kier molecular flexibility index (Phi) is 4.69. The van der Waals surface area contributed by atoms with Crippen LogP contribution >= 0.6 is 11.6 Å². The van der Waals surface area contributed by atoms with Crippen molar-refractivity contribution >= 4 is 17.5 Å². The van der Waals surface area contributed by atoms with Crippen LogP contribution in [0.2, 0.25) is 0 Å². The highest BCUT2D eigenvalue weighted by molar-refractivity contribution is 6.17. The molecule has 0 N–H and O–H groups in total. The molecule has 114 valence electrons. The van der Waals surface area contributed by atoms with Crippen LogP contribution in [0.4, 0.5) is 0 Å². The Bertz CT molecular complexity index is 499. The van der Waals surface area contributed by atoms with E-state index < -0.39 is 0 Å². The van der Waals surface area contributed by atoms with Gasteiger partial charge in [0.05, 0.1) is 12.1 Å². The van der Waals surface area contributed by atoms with Crippen LogP contribution in [0.25, 0.3) is 0 Å². The first-order chi connectivity index (χ1) is 10.3. The minimum absolute atomic E-state index is 0.00275. The number of halogens is 1. The number of amides is 1. The third-order valence-corrected chi connectivity index (χ3v) is 4.74. The Morgan fingerprint density at radius 1 is 1.19 bits per heavy atom. The summed E-state index contributed by atoms with van der Waals surface area (Å²) >= 11 is 5.90. The van der Waals surface area contributed by atoms with Gasteiger partial charge in [-0.05, 0) is 31.4 Å². The number of hydrogen-bond acceptors (Lipinski definition) is 2. The largest absolute Gasteiger partial charge is 0.488 e. The van der Waals surface area contributed by atoms with Crippen molar-refractivity contribution < 1.29 is 9.53 Å². The molecule has 1 aliphatic carbocycles. The topological polar surface area (TPSA) is 29.5 Å². The summed E-state index contributed by atoms with van der Waals surface area (Å²) in [6, 6.07) is 7.94. The van der Waals surface area contributed by atoms with Gasteiger partial charge in [-0.2, -0.15) is 0 Å². The molecule has 1 heterocycles. The normalized spacial score (nSPS) is 23.4. The van der Waals surface area contributed by atoms with Crippen LogP contribution in [-0.2, 0) is 0 Å². The second kappa shape index (κ2) is 6.69. The fourth-order valence-corrected chi connectivity index (χ4v) is 3.64. The molecule has 1 unspecified atom stereocenters. The molecule has 4 heteroatoms. The maximum absolute atomic E-state index is 12.9. The SMILES string of the molecule is O=C1c2ccccc2OC(CCCl)CN1C1CCCCC1. The zero-order valence-electron chi connectivity index (χ0n) is 12.3. The number of benzene rings is 1. The van der Waals surface area contributed by atoms with E-state index in [0.717, 1.165) is 19.3 Å². The summed E-state index contributed by atoms with van der Waals surface area (Å²) in [7, 11) is 0. The van der Waals surface area contributed by atoms with Crippen LogP contribution in [0.15, 0.2) is 24.3 Å². The van der Waals surface area contributed by atoms with Gasteiger partial charge in [0.1, 0.15) is 11.9 Å². The number of alkyl halides is 1. The van der Waals surface area contributed by atoms with E-state index in [0.29, 0.717) is 29.8 Å². The predicted molar refractivity (Wildman–Crippen MR) is 84.1 cm³/mol. The van der Waals surface area contributed by atoms with Crippen molar-refractivity contribution in [1.82, 2.24) is 4.90 Å². The lowest BCUT2D eigenvalue weighted by Gasteiger charge is -2.34. The van der Waals surface area contributed by atoms with Gasteiger partial charge in [-0.1, -0.05) is 31.4 Å². The van der Waals surface area contributed by atoms with Crippen molar-refractivity contribution in [2.45, 2.75) is 50.7 Å². The highest BCUT2D eigenvalue weighted by Crippen LogP contribution is 2.30. The molecule has 0 saturated heterocycles. The molecule has 3 nitrogen and oxygen atoms in total. The summed E-state index contributed by atoms with van der Waals surface area (Å²) in [5.41, 5.74) is 0.695. The van der Waals surface area contributed by atoms with Crippen molar-refractivity contribution in [2.24, 2.45) is 0 Å². The number of rotatable bonds is 3. The summed E-state index contributed by atoms with van der Waals surface area (Å²) in [6.45, 7) is 0.658. The first kappa shape index (κ1) is 14.7. The molecule has 1 aliphatic heterocycles. The Balaban J connectivity index is 1.89. The lowest BCUT2D eigenvalue weighted by molar-refractivity contribution is 0.0556. The maximum Gasteiger partial charge on any atom is 0.257 e. The van der Waals surface area contributed by atoms with Gasteiger partial charge >= 0.3 is 0 Å². The molecule has 0 radical (unpaired) electrons. The van der Waals surface area contributed by atoms with Crippen LogP contribution in [0, 0.1) is 0 Å². The molecule has 3 rings (SSSR count). The molecule has 1 atom stereocenters. The number of fused-ring (bicyclic) bond motifs is 1. The minimum atomic E-state index is -0.00275. The standard InChI is InChI=1S/C17H22ClNO2/c18-11-10-14-12-19(13-6-2-1-3-7-13)17(20)15-8-4-5-9-16(15)21-14/h4-5,8-9,13-14H,1-3,6-7,10-12H2. The zero-order valence-corrected chi connectivity index (χ0v) is 13.0. The van der Waals surface area contributed by atoms with Crippen molar-refractivity contribution in [1.29, 1.82) is 0 Å². The highest BCUT2D eigenvalue weighted by Gasteiger charge is 2.33.